The van der Waals surface area contributed by atoms with Crippen molar-refractivity contribution in [2.24, 2.45) is 0 Å². The molecule has 2 heterocycles. The van der Waals surface area contributed by atoms with E-state index in [9.17, 15) is 14.9 Å². The van der Waals surface area contributed by atoms with Gasteiger partial charge in [0.2, 0.25) is 5.91 Å². The van der Waals surface area contributed by atoms with Gasteiger partial charge >= 0.3 is 5.82 Å². The third kappa shape index (κ3) is 2.94. The number of hydrogen-bond donors (Lipinski definition) is 0. The largest absolute Gasteiger partial charge is 0.404 e. The fourth-order valence-corrected chi connectivity index (χ4v) is 2.61. The molecule has 104 valence electrons. The van der Waals surface area contributed by atoms with E-state index in [1.807, 2.05) is 0 Å². The highest BCUT2D eigenvalue weighted by Gasteiger charge is 2.28. The highest BCUT2D eigenvalue weighted by molar-refractivity contribution is 9.10. The molecule has 0 aromatic carbocycles. The summed E-state index contributed by atoms with van der Waals surface area (Å²) in [6.45, 7) is 3.22. The van der Waals surface area contributed by atoms with Gasteiger partial charge in [-0.15, -0.1) is 0 Å². The Balaban J connectivity index is 2.14. The average molecular weight is 331 g/mol. The maximum Gasteiger partial charge on any atom is 0.404 e. The molecule has 8 heteroatoms. The van der Waals surface area contributed by atoms with E-state index >= 15 is 0 Å². The van der Waals surface area contributed by atoms with Crippen LogP contribution in [0, 0.1) is 10.1 Å². The summed E-state index contributed by atoms with van der Waals surface area (Å²) in [5.41, 5.74) is 0. The molecule has 1 fully saturated rings. The lowest BCUT2D eigenvalue weighted by atomic mass is 10.1. The molecule has 1 aliphatic rings. The minimum Gasteiger partial charge on any atom is -0.358 e. The van der Waals surface area contributed by atoms with Crippen LogP contribution < -0.4 is 0 Å². The zero-order chi connectivity index (χ0) is 14.0. The van der Waals surface area contributed by atoms with E-state index in [-0.39, 0.29) is 16.2 Å². The number of nitrogens with zero attached hydrogens (tertiary/aromatic N) is 4. The van der Waals surface area contributed by atoms with E-state index in [4.69, 9.17) is 0 Å². The van der Waals surface area contributed by atoms with Crippen LogP contribution in [0.5, 0.6) is 0 Å². The highest BCUT2D eigenvalue weighted by atomic mass is 79.9. The number of piperidine rings is 1. The fraction of sp³-hybridized carbons (Fsp3) is 0.636. The lowest BCUT2D eigenvalue weighted by Crippen LogP contribution is -2.39. The molecule has 1 atom stereocenters. The number of hydrogen-bond acceptors (Lipinski definition) is 4. The molecular weight excluding hydrogens is 316 g/mol. The lowest BCUT2D eigenvalue weighted by molar-refractivity contribution is -0.390. The van der Waals surface area contributed by atoms with Crippen LogP contribution in [0.15, 0.2) is 10.7 Å². The molecule has 1 saturated heterocycles. The third-order valence-corrected chi connectivity index (χ3v) is 3.82. The first-order valence-corrected chi connectivity index (χ1v) is 6.98. The van der Waals surface area contributed by atoms with Crippen molar-refractivity contribution in [2.75, 3.05) is 13.1 Å². The minimum absolute atomic E-state index is 0.0374. The molecule has 2 rings (SSSR count). The van der Waals surface area contributed by atoms with E-state index in [1.165, 1.54) is 10.9 Å². The Morgan fingerprint density at radius 3 is 2.63 bits per heavy atom. The van der Waals surface area contributed by atoms with Crippen molar-refractivity contribution in [3.05, 3.63) is 20.8 Å². The van der Waals surface area contributed by atoms with Gasteiger partial charge in [0, 0.05) is 13.1 Å². The Morgan fingerprint density at radius 1 is 1.47 bits per heavy atom. The summed E-state index contributed by atoms with van der Waals surface area (Å²) < 4.78 is 1.63. The number of carbonyl (C=O) groups is 1. The maximum atomic E-state index is 12.3. The van der Waals surface area contributed by atoms with Gasteiger partial charge in [0.1, 0.15) is 10.5 Å². The van der Waals surface area contributed by atoms with Crippen LogP contribution >= 0.6 is 15.9 Å². The molecule has 7 nitrogen and oxygen atoms in total. The van der Waals surface area contributed by atoms with E-state index in [0.29, 0.717) is 0 Å². The molecule has 0 bridgehead atoms. The summed E-state index contributed by atoms with van der Waals surface area (Å²) in [6, 6.07) is -0.525. The molecular formula is C11H15BrN4O3. The Hall–Kier alpha value is -1.44. The maximum absolute atomic E-state index is 12.3. The molecule has 0 spiro atoms. The number of nitro groups is 1. The summed E-state index contributed by atoms with van der Waals surface area (Å²) in [5, 5.41) is 14.6. The lowest BCUT2D eigenvalue weighted by Gasteiger charge is -2.28. The van der Waals surface area contributed by atoms with E-state index in [0.717, 1.165) is 32.4 Å². The summed E-state index contributed by atoms with van der Waals surface area (Å²) in [7, 11) is 0. The van der Waals surface area contributed by atoms with Crippen molar-refractivity contribution in [3.8, 4) is 0 Å². The van der Waals surface area contributed by atoms with Crippen molar-refractivity contribution in [3.63, 3.8) is 0 Å². The van der Waals surface area contributed by atoms with Gasteiger partial charge in [-0.3, -0.25) is 4.79 Å². The number of halogens is 1. The first-order chi connectivity index (χ1) is 9.00. The van der Waals surface area contributed by atoms with Gasteiger partial charge in [-0.1, -0.05) is 0 Å². The van der Waals surface area contributed by atoms with Crippen molar-refractivity contribution >= 4 is 27.7 Å². The molecule has 19 heavy (non-hydrogen) atoms. The van der Waals surface area contributed by atoms with Crippen LogP contribution in [0.3, 0.4) is 0 Å². The van der Waals surface area contributed by atoms with Gasteiger partial charge in [-0.05, 0) is 47.0 Å². The quantitative estimate of drug-likeness (QED) is 0.628. The fourth-order valence-electron chi connectivity index (χ4n) is 2.17. The van der Waals surface area contributed by atoms with Crippen LogP contribution in [0.2, 0.25) is 0 Å². The van der Waals surface area contributed by atoms with Gasteiger partial charge in [0.15, 0.2) is 0 Å². The molecule has 1 aromatic heterocycles. The highest BCUT2D eigenvalue weighted by Crippen LogP contribution is 2.25. The number of rotatable bonds is 3. The van der Waals surface area contributed by atoms with Crippen LogP contribution in [0.1, 0.15) is 32.2 Å². The standard InChI is InChI=1S/C11H15BrN4O3/c1-8(11(17)14-5-3-2-4-6-14)15-7-9(12)10(13-15)16(18)19/h7-8H,2-6H2,1H3. The molecule has 0 saturated carbocycles. The molecule has 0 N–H and O–H groups in total. The number of carbonyl (C=O) groups excluding carboxylic acids is 1. The van der Waals surface area contributed by atoms with Gasteiger partial charge in [0.25, 0.3) is 0 Å². The third-order valence-electron chi connectivity index (χ3n) is 3.26. The van der Waals surface area contributed by atoms with Crippen molar-refractivity contribution in [1.82, 2.24) is 14.7 Å². The SMILES string of the molecule is CC(C(=O)N1CCCCC1)n1cc(Br)c([N+](=O)[O-])n1. The predicted molar refractivity (Wildman–Crippen MR) is 71.7 cm³/mol. The smallest absolute Gasteiger partial charge is 0.358 e. The second kappa shape index (κ2) is 5.68. The molecule has 1 amide bonds. The first kappa shape index (κ1) is 14.0. The number of amides is 1. The van der Waals surface area contributed by atoms with Gasteiger partial charge in [-0.25, -0.2) is 0 Å². The van der Waals surface area contributed by atoms with E-state index in [1.54, 1.807) is 11.8 Å². The molecule has 1 aliphatic heterocycles. The van der Waals surface area contributed by atoms with Crippen LogP contribution in [-0.4, -0.2) is 38.6 Å². The minimum atomic E-state index is -0.571. The van der Waals surface area contributed by atoms with Gasteiger partial charge in [0.05, 0.1) is 11.3 Å². The monoisotopic (exact) mass is 330 g/mol. The summed E-state index contributed by atoms with van der Waals surface area (Å²) >= 11 is 3.08. The Labute approximate surface area is 118 Å². The van der Waals surface area contributed by atoms with Crippen molar-refractivity contribution in [2.45, 2.75) is 32.2 Å². The normalized spacial score (nSPS) is 17.3. The second-order valence-corrected chi connectivity index (χ2v) is 5.45. The Bertz CT molecular complexity index is 496. The summed E-state index contributed by atoms with van der Waals surface area (Å²) in [5.74, 6) is -0.303. The molecule has 0 aliphatic carbocycles. The van der Waals surface area contributed by atoms with Crippen molar-refractivity contribution in [1.29, 1.82) is 0 Å². The van der Waals surface area contributed by atoms with Crippen molar-refractivity contribution < 1.29 is 9.72 Å². The van der Waals surface area contributed by atoms with Gasteiger partial charge < -0.3 is 15.0 Å². The van der Waals surface area contributed by atoms with Crippen LogP contribution in [0.4, 0.5) is 5.82 Å². The zero-order valence-corrected chi connectivity index (χ0v) is 12.2. The van der Waals surface area contributed by atoms with Gasteiger partial charge in [-0.2, -0.15) is 4.68 Å². The topological polar surface area (TPSA) is 81.3 Å². The van der Waals surface area contributed by atoms with E-state index < -0.39 is 11.0 Å². The first-order valence-electron chi connectivity index (χ1n) is 6.18. The molecule has 0 radical (unpaired) electrons. The molecule has 1 unspecified atom stereocenters. The second-order valence-electron chi connectivity index (χ2n) is 4.60. The number of aromatic nitrogens is 2. The molecule has 1 aromatic rings. The van der Waals surface area contributed by atoms with Crippen LogP contribution in [0.25, 0.3) is 0 Å². The Morgan fingerprint density at radius 2 is 2.11 bits per heavy atom. The average Bonchev–Trinajstić information content (AvgIpc) is 2.80. The van der Waals surface area contributed by atoms with Crippen LogP contribution in [-0.2, 0) is 4.79 Å². The Kier molecular flexibility index (Phi) is 4.18. The summed E-state index contributed by atoms with van der Waals surface area (Å²) in [4.78, 5) is 24.2. The number of likely N-dealkylation sites (tertiary alicyclic amines) is 1. The zero-order valence-electron chi connectivity index (χ0n) is 10.6. The predicted octanol–water partition coefficient (Wildman–Crippen LogP) is 2.13. The summed E-state index contributed by atoms with van der Waals surface area (Å²) in [6.07, 6.45) is 4.66. The van der Waals surface area contributed by atoms with E-state index in [2.05, 4.69) is 21.0 Å².